The second-order valence-electron chi connectivity index (χ2n) is 2.21. The fourth-order valence-electron chi connectivity index (χ4n) is 0.798. The number of allylic oxidation sites excluding steroid dienone is 1. The summed E-state index contributed by atoms with van der Waals surface area (Å²) in [5.74, 6) is -0.856. The highest BCUT2D eigenvalue weighted by molar-refractivity contribution is 8.04. The lowest BCUT2D eigenvalue weighted by molar-refractivity contribution is -0.137. The van der Waals surface area contributed by atoms with Crippen LogP contribution in [0.1, 0.15) is 6.92 Å². The van der Waals surface area contributed by atoms with Crippen molar-refractivity contribution >= 4 is 29.3 Å². The van der Waals surface area contributed by atoms with Crippen LogP contribution in [0.25, 0.3) is 0 Å². The van der Waals surface area contributed by atoms with Crippen LogP contribution in [0.15, 0.2) is 11.1 Å². The number of aliphatic carboxylic acids is 1. The van der Waals surface area contributed by atoms with E-state index in [1.165, 1.54) is 11.8 Å². The second kappa shape index (κ2) is 3.36. The molecule has 0 saturated carbocycles. The average Bonchev–Trinajstić information content (AvgIpc) is 2.18. The summed E-state index contributed by atoms with van der Waals surface area (Å²) in [6.07, 6.45) is 0. The quantitative estimate of drug-likeness (QED) is 0.533. The van der Waals surface area contributed by atoms with Gasteiger partial charge in [0.2, 0.25) is 0 Å². The van der Waals surface area contributed by atoms with E-state index in [0.29, 0.717) is 0 Å². The van der Waals surface area contributed by atoms with Gasteiger partial charge < -0.3 is 10.0 Å². The van der Waals surface area contributed by atoms with Crippen molar-refractivity contribution in [2.45, 2.75) is 11.8 Å². The molecule has 0 bridgehead atoms. The van der Waals surface area contributed by atoms with Crippen molar-refractivity contribution in [2.24, 2.45) is 0 Å². The standard InChI is InChI=1S/C6H8ClNO2S/c1-4-3-11-6(7)8(4)2-5(9)10/h3,6H,2H2,1H3,(H,9,10). The van der Waals surface area contributed by atoms with Crippen LogP contribution in [0, 0.1) is 0 Å². The Hall–Kier alpha value is -0.350. The molecule has 1 atom stereocenters. The number of nitrogens with zero attached hydrogens (tertiary/aromatic N) is 1. The van der Waals surface area contributed by atoms with Gasteiger partial charge in [0.05, 0.1) is 0 Å². The highest BCUT2D eigenvalue weighted by atomic mass is 35.5. The van der Waals surface area contributed by atoms with E-state index in [2.05, 4.69) is 0 Å². The molecule has 0 aromatic carbocycles. The largest absolute Gasteiger partial charge is 0.480 e. The smallest absolute Gasteiger partial charge is 0.323 e. The summed E-state index contributed by atoms with van der Waals surface area (Å²) in [5.41, 5.74) is 0.914. The molecule has 0 radical (unpaired) electrons. The lowest BCUT2D eigenvalue weighted by Crippen LogP contribution is -2.29. The van der Waals surface area contributed by atoms with E-state index in [9.17, 15) is 4.79 Å². The Balaban J connectivity index is 2.56. The maximum Gasteiger partial charge on any atom is 0.323 e. The van der Waals surface area contributed by atoms with E-state index in [4.69, 9.17) is 16.7 Å². The third-order valence-corrected chi connectivity index (χ3v) is 2.86. The molecule has 1 aliphatic rings. The minimum absolute atomic E-state index is 0.0243. The van der Waals surface area contributed by atoms with E-state index in [-0.39, 0.29) is 11.4 Å². The number of halogens is 1. The molecule has 11 heavy (non-hydrogen) atoms. The van der Waals surface area contributed by atoms with E-state index < -0.39 is 5.97 Å². The maximum atomic E-state index is 10.3. The molecule has 1 heterocycles. The Labute approximate surface area is 74.0 Å². The predicted octanol–water partition coefficient (Wildman–Crippen LogP) is 1.50. The molecule has 1 unspecified atom stereocenters. The van der Waals surface area contributed by atoms with Crippen molar-refractivity contribution in [3.05, 3.63) is 11.1 Å². The topological polar surface area (TPSA) is 40.5 Å². The summed E-state index contributed by atoms with van der Waals surface area (Å²) in [6, 6.07) is 0. The molecular weight excluding hydrogens is 186 g/mol. The minimum atomic E-state index is -0.856. The van der Waals surface area contributed by atoms with Crippen molar-refractivity contribution in [1.29, 1.82) is 0 Å². The summed E-state index contributed by atoms with van der Waals surface area (Å²) in [6.45, 7) is 1.82. The van der Waals surface area contributed by atoms with Crippen LogP contribution in [0.5, 0.6) is 0 Å². The van der Waals surface area contributed by atoms with Gasteiger partial charge in [-0.15, -0.1) is 0 Å². The van der Waals surface area contributed by atoms with E-state index in [1.54, 1.807) is 4.90 Å². The number of carbonyl (C=O) groups is 1. The van der Waals surface area contributed by atoms with E-state index >= 15 is 0 Å². The van der Waals surface area contributed by atoms with Crippen molar-refractivity contribution in [1.82, 2.24) is 4.90 Å². The second-order valence-corrected chi connectivity index (χ2v) is 3.84. The number of alkyl halides is 1. The zero-order valence-corrected chi connectivity index (χ0v) is 7.52. The first-order chi connectivity index (χ1) is 5.11. The Bertz CT molecular complexity index is 207. The summed E-state index contributed by atoms with van der Waals surface area (Å²) in [4.78, 5) is 11.7. The van der Waals surface area contributed by atoms with Gasteiger partial charge in [-0.25, -0.2) is 0 Å². The first-order valence-corrected chi connectivity index (χ1v) is 4.44. The van der Waals surface area contributed by atoms with Crippen LogP contribution in [-0.2, 0) is 4.79 Å². The average molecular weight is 194 g/mol. The fraction of sp³-hybridized carbons (Fsp3) is 0.500. The molecule has 0 amide bonds. The van der Waals surface area contributed by atoms with Crippen LogP contribution in [0.3, 0.4) is 0 Å². The van der Waals surface area contributed by atoms with Gasteiger partial charge in [-0.2, -0.15) is 0 Å². The summed E-state index contributed by atoms with van der Waals surface area (Å²) in [7, 11) is 0. The molecule has 0 aromatic heterocycles. The van der Waals surface area contributed by atoms with Crippen molar-refractivity contribution in [2.75, 3.05) is 6.54 Å². The molecule has 0 spiro atoms. The minimum Gasteiger partial charge on any atom is -0.480 e. The van der Waals surface area contributed by atoms with Gasteiger partial charge in [-0.05, 0) is 12.3 Å². The highest BCUT2D eigenvalue weighted by Crippen LogP contribution is 2.32. The number of hydrogen-bond donors (Lipinski definition) is 1. The van der Waals surface area contributed by atoms with Crippen LogP contribution < -0.4 is 0 Å². The van der Waals surface area contributed by atoms with E-state index in [0.717, 1.165) is 5.70 Å². The van der Waals surface area contributed by atoms with Crippen molar-refractivity contribution in [3.8, 4) is 0 Å². The van der Waals surface area contributed by atoms with Gasteiger partial charge in [0.25, 0.3) is 0 Å². The molecule has 62 valence electrons. The highest BCUT2D eigenvalue weighted by Gasteiger charge is 2.23. The first kappa shape index (κ1) is 8.74. The Morgan fingerprint density at radius 3 is 3.00 bits per heavy atom. The normalized spacial score (nSPS) is 23.6. The molecule has 1 aliphatic heterocycles. The Kier molecular flexibility index (Phi) is 2.67. The number of carboxylic acid groups (broad SMARTS) is 1. The number of rotatable bonds is 2. The molecule has 0 aromatic rings. The van der Waals surface area contributed by atoms with Crippen molar-refractivity contribution < 1.29 is 9.90 Å². The molecule has 0 aliphatic carbocycles. The first-order valence-electron chi connectivity index (χ1n) is 3.06. The molecular formula is C6H8ClNO2S. The predicted molar refractivity (Wildman–Crippen MR) is 45.3 cm³/mol. The third-order valence-electron chi connectivity index (χ3n) is 1.35. The van der Waals surface area contributed by atoms with Crippen molar-refractivity contribution in [3.63, 3.8) is 0 Å². The van der Waals surface area contributed by atoms with Crippen LogP contribution >= 0.6 is 23.4 Å². The molecule has 0 saturated heterocycles. The van der Waals surface area contributed by atoms with Crippen LogP contribution in [0.4, 0.5) is 0 Å². The summed E-state index contributed by atoms with van der Waals surface area (Å²) >= 11 is 7.21. The third kappa shape index (κ3) is 2.04. The molecule has 1 N–H and O–H groups in total. The molecule has 5 heteroatoms. The van der Waals surface area contributed by atoms with Gasteiger partial charge in [-0.1, -0.05) is 23.4 Å². The maximum absolute atomic E-state index is 10.3. The Morgan fingerprint density at radius 1 is 2.00 bits per heavy atom. The zero-order valence-electron chi connectivity index (χ0n) is 5.95. The zero-order chi connectivity index (χ0) is 8.43. The number of hydrogen-bond acceptors (Lipinski definition) is 3. The summed E-state index contributed by atoms with van der Waals surface area (Å²) in [5, 5.41) is 10.3. The molecule has 1 rings (SSSR count). The van der Waals surface area contributed by atoms with Gasteiger partial charge in [0.1, 0.15) is 6.54 Å². The number of thioether (sulfide) groups is 1. The number of carboxylic acids is 1. The van der Waals surface area contributed by atoms with Gasteiger partial charge >= 0.3 is 5.97 Å². The van der Waals surface area contributed by atoms with E-state index in [1.807, 2.05) is 12.3 Å². The Morgan fingerprint density at radius 2 is 2.64 bits per heavy atom. The SMILES string of the molecule is CC1=CSC(Cl)N1CC(=O)O. The van der Waals surface area contributed by atoms with Crippen LogP contribution in [0.2, 0.25) is 0 Å². The lowest BCUT2D eigenvalue weighted by Gasteiger charge is -2.20. The lowest BCUT2D eigenvalue weighted by atomic mass is 10.4. The molecule has 0 fully saturated rings. The van der Waals surface area contributed by atoms with Gasteiger partial charge in [-0.3, -0.25) is 4.79 Å². The van der Waals surface area contributed by atoms with Gasteiger partial charge in [0, 0.05) is 5.70 Å². The van der Waals surface area contributed by atoms with Gasteiger partial charge in [0.15, 0.2) is 4.83 Å². The summed E-state index contributed by atoms with van der Waals surface area (Å²) < 4.78 is 0. The monoisotopic (exact) mass is 193 g/mol. The molecule has 3 nitrogen and oxygen atoms in total. The fourth-order valence-corrected chi connectivity index (χ4v) is 2.01. The van der Waals surface area contributed by atoms with Crippen LogP contribution in [-0.4, -0.2) is 27.4 Å².